The minimum atomic E-state index is -0.739. The van der Waals surface area contributed by atoms with E-state index in [9.17, 15) is 0 Å². The van der Waals surface area contributed by atoms with Crippen molar-refractivity contribution in [3.63, 3.8) is 0 Å². The molecule has 0 amide bonds. The van der Waals surface area contributed by atoms with Crippen molar-refractivity contribution in [1.29, 1.82) is 0 Å². The zero-order valence-electron chi connectivity index (χ0n) is 13.9. The maximum Gasteiger partial charge on any atom is -0.147 e. The Kier molecular flexibility index (Phi) is 7.89. The Morgan fingerprint density at radius 1 is 0.652 bits per heavy atom. The quantitative estimate of drug-likeness (QED) is 0.363. The van der Waals surface area contributed by atoms with Crippen molar-refractivity contribution in [2.45, 2.75) is 64.2 Å². The zero-order valence-corrected chi connectivity index (χ0v) is 19.1. The third-order valence-electron chi connectivity index (χ3n) is 5.83. The summed E-state index contributed by atoms with van der Waals surface area (Å²) in [4.78, 5) is 0. The van der Waals surface area contributed by atoms with E-state index in [4.69, 9.17) is 0 Å². The van der Waals surface area contributed by atoms with Gasteiger partial charge >= 0.3 is 141 Å². The van der Waals surface area contributed by atoms with Gasteiger partial charge in [0.25, 0.3) is 0 Å². The van der Waals surface area contributed by atoms with Crippen molar-refractivity contribution in [2.24, 2.45) is 11.8 Å². The van der Waals surface area contributed by atoms with Gasteiger partial charge in [0, 0.05) is 0 Å². The van der Waals surface area contributed by atoms with Crippen molar-refractivity contribution in [1.82, 2.24) is 0 Å². The summed E-state index contributed by atoms with van der Waals surface area (Å²) in [7, 11) is 0. The third kappa shape index (κ3) is 4.33. The molecule has 0 saturated heterocycles. The first kappa shape index (κ1) is 19.7. The Morgan fingerprint density at radius 2 is 1.04 bits per heavy atom. The van der Waals surface area contributed by atoms with Gasteiger partial charge in [-0.05, 0) is 0 Å². The topological polar surface area (TPSA) is 0 Å². The average molecular weight is 518 g/mol. The molecule has 3 heteroatoms. The fourth-order valence-corrected chi connectivity index (χ4v) is 10.7. The van der Waals surface area contributed by atoms with Gasteiger partial charge in [0.15, 0.2) is 0 Å². The summed E-state index contributed by atoms with van der Waals surface area (Å²) in [5.74, 6) is 1.88. The molecule has 0 nitrogen and oxygen atoms in total. The Labute approximate surface area is 165 Å². The van der Waals surface area contributed by atoms with Gasteiger partial charge in [0.2, 0.25) is 0 Å². The molecule has 0 aromatic carbocycles. The molecular weight excluding hydrogens is 490 g/mol. The molecule has 23 heavy (non-hydrogen) atoms. The van der Waals surface area contributed by atoms with E-state index in [0.717, 1.165) is 11.8 Å². The molecule has 126 valence electrons. The fraction of sp³-hybridized carbons (Fsp3) is 0.600. The molecule has 4 rings (SSSR count). The van der Waals surface area contributed by atoms with E-state index in [1.807, 2.05) is 17.8 Å². The van der Waals surface area contributed by atoms with Gasteiger partial charge in [-0.3, -0.25) is 0 Å². The molecule has 2 fully saturated rings. The van der Waals surface area contributed by atoms with Crippen molar-refractivity contribution in [2.75, 3.05) is 0 Å². The van der Waals surface area contributed by atoms with Crippen LogP contribution in [0.2, 0.25) is 0 Å². The molecule has 0 atom stereocenters. The van der Waals surface area contributed by atoms with Crippen molar-refractivity contribution in [3.05, 3.63) is 42.1 Å². The van der Waals surface area contributed by atoms with E-state index in [1.165, 1.54) is 64.2 Å². The predicted molar refractivity (Wildman–Crippen MR) is 100.0 cm³/mol. The summed E-state index contributed by atoms with van der Waals surface area (Å²) in [5.41, 5.74) is 3.64. The molecule has 0 heterocycles. The fourth-order valence-electron chi connectivity index (χ4n) is 4.71. The van der Waals surface area contributed by atoms with Gasteiger partial charge < -0.3 is 0 Å². The number of hydrogen-bond acceptors (Lipinski definition) is 0. The normalized spacial score (nSPS) is 24.5. The summed E-state index contributed by atoms with van der Waals surface area (Å²) in [6, 6.07) is 0. The molecule has 0 bridgehead atoms. The Balaban J connectivity index is 0.000000960. The molecule has 0 aromatic heterocycles. The van der Waals surface area contributed by atoms with E-state index >= 15 is 0 Å². The first-order chi connectivity index (χ1) is 10.4. The van der Waals surface area contributed by atoms with Crippen LogP contribution in [-0.2, 0) is 22.9 Å². The second kappa shape index (κ2) is 9.20. The predicted octanol–water partition coefficient (Wildman–Crippen LogP) is 6.72. The Morgan fingerprint density at radius 3 is 1.43 bits per heavy atom. The largest absolute Gasteiger partial charge is 0.147 e. The summed E-state index contributed by atoms with van der Waals surface area (Å²) in [5, 5.41) is 0. The smallest absolute Gasteiger partial charge is 0.147 e. The van der Waals surface area contributed by atoms with Crippen LogP contribution in [0.3, 0.4) is 0 Å². The van der Waals surface area contributed by atoms with Gasteiger partial charge in [0.05, 0.1) is 0 Å². The maximum atomic E-state index is 2.51. The van der Waals surface area contributed by atoms with Crippen LogP contribution >= 0.6 is 24.8 Å². The SMILES string of the molecule is C1=CC(C2CCCC2)=[C]([Hf][C]2=C(C3CCCC3)C=CC2)C1.Cl.Cl. The van der Waals surface area contributed by atoms with E-state index in [-0.39, 0.29) is 24.8 Å². The van der Waals surface area contributed by atoms with Crippen LogP contribution < -0.4 is 0 Å². The third-order valence-corrected chi connectivity index (χ3v) is 11.5. The van der Waals surface area contributed by atoms with Crippen LogP contribution in [0.25, 0.3) is 0 Å². The number of hydrogen-bond donors (Lipinski definition) is 0. The number of rotatable bonds is 4. The summed E-state index contributed by atoms with van der Waals surface area (Å²) in [6.45, 7) is 0. The summed E-state index contributed by atoms with van der Waals surface area (Å²) < 4.78 is 3.91. The van der Waals surface area contributed by atoms with E-state index in [1.54, 1.807) is 0 Å². The van der Waals surface area contributed by atoms with Gasteiger partial charge in [-0.25, -0.2) is 0 Å². The Hall–Kier alpha value is 0.410. The van der Waals surface area contributed by atoms with Crippen LogP contribution in [0.4, 0.5) is 0 Å². The first-order valence-electron chi connectivity index (χ1n) is 8.98. The number of allylic oxidation sites excluding steroid dienone is 8. The van der Waals surface area contributed by atoms with Gasteiger partial charge in [0.1, 0.15) is 0 Å². The molecule has 4 aliphatic rings. The zero-order chi connectivity index (χ0) is 14.1. The number of halogens is 2. The standard InChI is InChI=1S/2C10H13.2ClH.Hf/c2*1-2-6-9(5-1)10-7-3-4-8-10;;;/h2*1,5,10H,2-4,7-8H2;2*1H;. The second-order valence-electron chi connectivity index (χ2n) is 7.17. The Bertz CT molecular complexity index is 482. The van der Waals surface area contributed by atoms with E-state index < -0.39 is 22.9 Å². The van der Waals surface area contributed by atoms with Crippen LogP contribution in [0.1, 0.15) is 64.2 Å². The molecule has 0 unspecified atom stereocenters. The minimum absolute atomic E-state index is 0. The molecule has 0 aromatic rings. The second-order valence-corrected chi connectivity index (χ2v) is 12.4. The van der Waals surface area contributed by atoms with E-state index in [2.05, 4.69) is 24.3 Å². The molecule has 0 aliphatic heterocycles. The van der Waals surface area contributed by atoms with Crippen molar-refractivity contribution >= 4 is 24.8 Å². The van der Waals surface area contributed by atoms with Crippen molar-refractivity contribution < 1.29 is 22.9 Å². The molecule has 0 N–H and O–H groups in total. The molecule has 4 aliphatic carbocycles. The van der Waals surface area contributed by atoms with Crippen LogP contribution in [-0.4, -0.2) is 0 Å². The van der Waals surface area contributed by atoms with Crippen LogP contribution in [0.5, 0.6) is 0 Å². The molecular formula is C20H28Cl2Hf. The molecule has 0 radical (unpaired) electrons. The van der Waals surface area contributed by atoms with Gasteiger partial charge in [-0.1, -0.05) is 0 Å². The average Bonchev–Trinajstić information content (AvgIpc) is 3.28. The van der Waals surface area contributed by atoms with Crippen molar-refractivity contribution in [3.8, 4) is 0 Å². The molecule has 2 saturated carbocycles. The van der Waals surface area contributed by atoms with Crippen LogP contribution in [0, 0.1) is 11.8 Å². The van der Waals surface area contributed by atoms with Crippen LogP contribution in [0.15, 0.2) is 42.1 Å². The maximum absolute atomic E-state index is 2.51. The first-order valence-corrected chi connectivity index (χ1v) is 12.6. The van der Waals surface area contributed by atoms with Gasteiger partial charge in [-0.2, -0.15) is 0 Å². The minimum Gasteiger partial charge on any atom is -0.147 e. The van der Waals surface area contributed by atoms with Gasteiger partial charge in [-0.15, -0.1) is 24.8 Å². The van der Waals surface area contributed by atoms with E-state index in [0.29, 0.717) is 0 Å². The molecule has 0 spiro atoms. The summed E-state index contributed by atoms with van der Waals surface area (Å²) in [6.07, 6.45) is 24.4. The monoisotopic (exact) mass is 518 g/mol. The summed E-state index contributed by atoms with van der Waals surface area (Å²) >= 11 is -0.739.